The number of halogens is 5. The number of rotatable bonds is 5. The maximum absolute atomic E-state index is 14.4. The number of likely N-dealkylation sites (tertiary alicyclic amines) is 1. The Labute approximate surface area is 305 Å². The van der Waals surface area contributed by atoms with E-state index in [-0.39, 0.29) is 40.2 Å². The van der Waals surface area contributed by atoms with E-state index in [9.17, 15) is 24.3 Å². The summed E-state index contributed by atoms with van der Waals surface area (Å²) in [5, 5.41) is 10.7. The van der Waals surface area contributed by atoms with Crippen LogP contribution in [0.2, 0.25) is 0 Å². The van der Waals surface area contributed by atoms with Crippen molar-refractivity contribution in [2.24, 2.45) is 17.8 Å². The predicted octanol–water partition coefficient (Wildman–Crippen LogP) is 5.68. The second-order valence-electron chi connectivity index (χ2n) is 12.3. The van der Waals surface area contributed by atoms with Crippen molar-refractivity contribution in [2.45, 2.75) is 28.5 Å². The fourth-order valence-corrected chi connectivity index (χ4v) is 10.3. The predicted molar refractivity (Wildman–Crippen MR) is 185 cm³/mol. The van der Waals surface area contributed by atoms with E-state index in [1.54, 1.807) is 18.2 Å². The molecule has 4 fully saturated rings. The summed E-state index contributed by atoms with van der Waals surface area (Å²) in [6.07, 6.45) is 1.95. The zero-order chi connectivity index (χ0) is 33.6. The van der Waals surface area contributed by atoms with Crippen LogP contribution in [0, 0.1) is 17.8 Å². The van der Waals surface area contributed by atoms with Crippen molar-refractivity contribution < 1.29 is 33.8 Å². The van der Waals surface area contributed by atoms with Crippen molar-refractivity contribution in [3.8, 4) is 11.5 Å². The summed E-state index contributed by atoms with van der Waals surface area (Å²) in [4.78, 5) is 56.8. The van der Waals surface area contributed by atoms with Gasteiger partial charge in [-0.25, -0.2) is 0 Å². The van der Waals surface area contributed by atoms with Crippen LogP contribution in [0.1, 0.15) is 24.3 Å². The first-order valence-electron chi connectivity index (χ1n) is 15.0. The molecule has 4 amide bonds. The molecule has 248 valence electrons. The molecular weight excluding hydrogens is 849 g/mol. The molecule has 3 saturated heterocycles. The number of aromatic hydroxyl groups is 1. The van der Waals surface area contributed by atoms with Gasteiger partial charge in [0.25, 0.3) is 11.8 Å². The summed E-state index contributed by atoms with van der Waals surface area (Å²) in [5.41, 5.74) is 2.34. The number of phenolic OH excluding ortho intramolecular Hbond substituents is 1. The summed E-state index contributed by atoms with van der Waals surface area (Å²) < 4.78 is 11.5. The molecule has 0 bridgehead atoms. The van der Waals surface area contributed by atoms with Gasteiger partial charge in [0.05, 0.1) is 47.8 Å². The van der Waals surface area contributed by atoms with Crippen LogP contribution in [0.25, 0.3) is 0 Å². The Morgan fingerprint density at radius 1 is 0.979 bits per heavy atom. The lowest BCUT2D eigenvalue weighted by atomic mass is 9.56. The number of amides is 4. The van der Waals surface area contributed by atoms with Gasteiger partial charge in [-0.2, -0.15) is 0 Å². The number of carbonyl (C=O) groups is 4. The molecule has 0 radical (unpaired) electrons. The number of hydrogen-bond donors (Lipinski definition) is 1. The van der Waals surface area contributed by atoms with Gasteiger partial charge < -0.3 is 19.5 Å². The summed E-state index contributed by atoms with van der Waals surface area (Å²) in [6, 6.07) is 8.87. The molecule has 5 aliphatic rings. The van der Waals surface area contributed by atoms with Gasteiger partial charge in [-0.1, -0.05) is 27.6 Å². The molecule has 10 nitrogen and oxygen atoms in total. The van der Waals surface area contributed by atoms with Crippen LogP contribution in [0.15, 0.2) is 50.9 Å². The maximum atomic E-state index is 14.4. The molecule has 6 atom stereocenters. The molecule has 2 aromatic carbocycles. The molecule has 3 aliphatic heterocycles. The first-order valence-corrected chi connectivity index (χ1v) is 18.4. The van der Waals surface area contributed by atoms with Crippen LogP contribution in [-0.4, -0.2) is 82.3 Å². The molecule has 2 aromatic rings. The molecule has 2 aliphatic carbocycles. The quantitative estimate of drug-likeness (QED) is 0.177. The van der Waals surface area contributed by atoms with Crippen molar-refractivity contribution in [1.29, 1.82) is 0 Å². The Kier molecular flexibility index (Phi) is 8.52. The van der Waals surface area contributed by atoms with E-state index >= 15 is 0 Å². The van der Waals surface area contributed by atoms with Crippen LogP contribution >= 0.6 is 71.0 Å². The van der Waals surface area contributed by atoms with Gasteiger partial charge in [0.1, 0.15) is 0 Å². The maximum Gasteiger partial charge on any atom is 0.254 e. The number of anilines is 2. The fraction of sp³-hybridized carbons (Fsp3) is 0.438. The van der Waals surface area contributed by atoms with Crippen molar-refractivity contribution in [1.82, 2.24) is 4.90 Å². The van der Waals surface area contributed by atoms with Gasteiger partial charge >= 0.3 is 0 Å². The molecule has 15 heteroatoms. The van der Waals surface area contributed by atoms with E-state index < -0.39 is 51.1 Å². The van der Waals surface area contributed by atoms with E-state index in [0.717, 1.165) is 23.7 Å². The Bertz CT molecular complexity index is 1750. The third kappa shape index (κ3) is 4.62. The Morgan fingerprint density at radius 3 is 2.28 bits per heavy atom. The van der Waals surface area contributed by atoms with Crippen molar-refractivity contribution >= 4 is 106 Å². The lowest BCUT2D eigenvalue weighted by molar-refractivity contribution is -0.138. The standard InChI is InChI=1S/C32H28Br3Cl2N3O7/c1-46-21-12-19(24(34)25(35)26(21)41)23-17-6-7-18-22(20(17)13-31(36)29(44)39(14-33)30(45)32(23,31)37)28(43)40(27(18)42)16-4-2-15(3-5-16)38-8-10-47-11-9-38/h2-6,12,18,20,22-23,41H,7-11,13-14H2,1H3/t18-,20+,22-,23+,31+,32-/m0/s1. The highest BCUT2D eigenvalue weighted by atomic mass is 79.9. The van der Waals surface area contributed by atoms with Gasteiger partial charge in [-0.15, -0.1) is 23.2 Å². The average Bonchev–Trinajstić information content (AvgIpc) is 3.42. The molecule has 3 heterocycles. The third-order valence-corrected chi connectivity index (χ3v) is 14.3. The fourth-order valence-electron chi connectivity index (χ4n) is 7.96. The number of imide groups is 2. The average molecular weight is 877 g/mol. The van der Waals surface area contributed by atoms with Crippen molar-refractivity contribution in [2.75, 3.05) is 48.7 Å². The van der Waals surface area contributed by atoms with E-state index in [2.05, 4.69) is 52.7 Å². The highest BCUT2D eigenvalue weighted by molar-refractivity contribution is 9.13. The van der Waals surface area contributed by atoms with Gasteiger partial charge in [-0.3, -0.25) is 29.0 Å². The number of fused-ring (bicyclic) bond motifs is 4. The second kappa shape index (κ2) is 12.0. The molecule has 0 unspecified atom stereocenters. The number of methoxy groups -OCH3 is 1. The molecule has 0 aromatic heterocycles. The monoisotopic (exact) mass is 873 g/mol. The van der Waals surface area contributed by atoms with Crippen LogP contribution in [-0.2, 0) is 23.9 Å². The lowest BCUT2D eigenvalue weighted by Gasteiger charge is -2.51. The topological polar surface area (TPSA) is 117 Å². The number of alkyl halides is 3. The highest BCUT2D eigenvalue weighted by Crippen LogP contribution is 2.67. The minimum absolute atomic E-state index is 0.0971. The van der Waals surface area contributed by atoms with E-state index in [0.29, 0.717) is 34.5 Å². The number of ether oxygens (including phenoxy) is 2. The number of morpholine rings is 1. The van der Waals surface area contributed by atoms with Crippen molar-refractivity contribution in [3.05, 3.63) is 56.5 Å². The SMILES string of the molecule is COc1cc([C@H]2C3=CC[C@@H]4C(=O)N(c5ccc(N6CCOCC6)cc5)C(=O)[C@@H]4[C@@H]3C[C@@]3(Cl)C(=O)N(CBr)C(=O)[C@@]23Cl)c(Br)c(Br)c1O. The van der Waals surface area contributed by atoms with Crippen LogP contribution < -0.4 is 14.5 Å². The molecule has 1 saturated carbocycles. The van der Waals surface area contributed by atoms with Gasteiger partial charge in [0.15, 0.2) is 21.2 Å². The third-order valence-electron chi connectivity index (χ3n) is 10.2. The van der Waals surface area contributed by atoms with Crippen LogP contribution in [0.3, 0.4) is 0 Å². The molecular formula is C32H28Br3Cl2N3O7. The van der Waals surface area contributed by atoms with Crippen LogP contribution in [0.5, 0.6) is 11.5 Å². The summed E-state index contributed by atoms with van der Waals surface area (Å²) in [6.45, 7) is 2.75. The van der Waals surface area contributed by atoms with Gasteiger partial charge in [0, 0.05) is 29.2 Å². The number of phenols is 1. The molecule has 0 spiro atoms. The first kappa shape index (κ1) is 33.3. The van der Waals surface area contributed by atoms with E-state index in [1.807, 2.05) is 18.2 Å². The molecule has 7 rings (SSSR count). The smallest absolute Gasteiger partial charge is 0.254 e. The van der Waals surface area contributed by atoms with Gasteiger partial charge in [0.2, 0.25) is 11.8 Å². The lowest BCUT2D eigenvalue weighted by Crippen LogP contribution is -2.60. The van der Waals surface area contributed by atoms with Crippen LogP contribution in [0.4, 0.5) is 11.4 Å². The Balaban J connectivity index is 1.33. The molecule has 1 N–H and O–H groups in total. The second-order valence-corrected chi connectivity index (χ2v) is 15.6. The van der Waals surface area contributed by atoms with E-state index in [1.165, 1.54) is 12.0 Å². The first-order chi connectivity index (χ1) is 22.4. The number of benzene rings is 2. The molecule has 47 heavy (non-hydrogen) atoms. The number of carbonyl (C=O) groups excluding carboxylic acids is 4. The largest absolute Gasteiger partial charge is 0.503 e. The summed E-state index contributed by atoms with van der Waals surface area (Å²) in [5.74, 6) is -5.45. The number of hydrogen-bond acceptors (Lipinski definition) is 8. The Morgan fingerprint density at radius 2 is 1.64 bits per heavy atom. The van der Waals surface area contributed by atoms with Crippen molar-refractivity contribution in [3.63, 3.8) is 0 Å². The van der Waals surface area contributed by atoms with Gasteiger partial charge in [-0.05, 0) is 86.5 Å². The van der Waals surface area contributed by atoms with E-state index in [4.69, 9.17) is 32.7 Å². The normalized spacial score (nSPS) is 32.0. The number of allylic oxidation sites excluding steroid dienone is 2. The summed E-state index contributed by atoms with van der Waals surface area (Å²) in [7, 11) is 1.39. The highest BCUT2D eigenvalue weighted by Gasteiger charge is 2.76. The minimum Gasteiger partial charge on any atom is -0.503 e. The zero-order valence-corrected chi connectivity index (χ0v) is 31.1. The zero-order valence-electron chi connectivity index (χ0n) is 24.9. The summed E-state index contributed by atoms with van der Waals surface area (Å²) >= 11 is 24.9. The number of nitrogens with zero attached hydrogens (tertiary/aromatic N) is 3. The Hall–Kier alpha value is -2.16. The minimum atomic E-state index is -2.00.